The zero-order valence-corrected chi connectivity index (χ0v) is 38.4. The molecular weight excluding hydrogens is 961 g/mol. The summed E-state index contributed by atoms with van der Waals surface area (Å²) in [5, 5.41) is 67.3. The summed E-state index contributed by atoms with van der Waals surface area (Å²) in [7, 11) is 0. The number of nitrogens with zero attached hydrogens (tertiary/aromatic N) is 6. The lowest BCUT2D eigenvalue weighted by molar-refractivity contribution is -0.140. The SMILES string of the molecule is N#CSc1cc(C(SCC(NC(=O)CCC(N)C(=O)O)C(=O)NCC(=O)O)C2CCCC(C(SCC(NC(=O)CCC(N)C(=O)O)C(=O)NCC(=O)O)c3nccc(SC#N)n3)C2=O)ncn1. The monoisotopic (exact) mass is 1010 g/mol. The van der Waals surface area contributed by atoms with E-state index in [2.05, 4.69) is 41.2 Å². The molecule has 4 amide bonds. The predicted molar refractivity (Wildman–Crippen MR) is 238 cm³/mol. The van der Waals surface area contributed by atoms with Gasteiger partial charge in [-0.05, 0) is 37.8 Å². The molecular formula is C38H46N12O13S4. The lowest BCUT2D eigenvalue weighted by Gasteiger charge is -2.36. The van der Waals surface area contributed by atoms with E-state index in [4.69, 9.17) is 21.7 Å². The van der Waals surface area contributed by atoms with Crippen LogP contribution in [0.25, 0.3) is 0 Å². The van der Waals surface area contributed by atoms with Gasteiger partial charge in [0.05, 0.1) is 16.2 Å². The summed E-state index contributed by atoms with van der Waals surface area (Å²) in [6, 6.07) is -2.72. The number of amides is 4. The molecule has 2 aromatic heterocycles. The van der Waals surface area contributed by atoms with Gasteiger partial charge in [-0.3, -0.25) is 43.2 Å². The number of ketones is 1. The molecule has 1 aliphatic carbocycles. The fourth-order valence-corrected chi connectivity index (χ4v) is 9.97. The van der Waals surface area contributed by atoms with Crippen LogP contribution in [0, 0.1) is 33.2 Å². The topological polar surface area (TPSA) is 434 Å². The quantitative estimate of drug-likeness (QED) is 0.0289. The average Bonchev–Trinajstić information content (AvgIpc) is 3.28. The third-order valence-corrected chi connectivity index (χ3v) is 13.6. The van der Waals surface area contributed by atoms with Gasteiger partial charge in [-0.25, -0.2) is 19.9 Å². The Kier molecular flexibility index (Phi) is 23.2. The summed E-state index contributed by atoms with van der Waals surface area (Å²) in [5.74, 6) is -11.7. The number of thioether (sulfide) groups is 4. The van der Waals surface area contributed by atoms with Crippen LogP contribution < -0.4 is 32.7 Å². The largest absolute Gasteiger partial charge is 0.480 e. The van der Waals surface area contributed by atoms with Crippen molar-refractivity contribution < 1.29 is 63.6 Å². The van der Waals surface area contributed by atoms with Crippen LogP contribution in [0.3, 0.4) is 0 Å². The zero-order valence-electron chi connectivity index (χ0n) is 35.1. The van der Waals surface area contributed by atoms with Crippen LogP contribution in [0.15, 0.2) is 34.7 Å². The number of hydrogen-bond acceptors (Lipinski definition) is 21. The fraction of sp³-hybridized carbons (Fsp3) is 0.500. The number of thiocyanates is 2. The molecule has 8 atom stereocenters. The van der Waals surface area contributed by atoms with Crippen LogP contribution >= 0.6 is 47.0 Å². The molecule has 1 aliphatic rings. The number of rotatable bonds is 28. The minimum Gasteiger partial charge on any atom is -0.480 e. The molecule has 1 saturated carbocycles. The van der Waals surface area contributed by atoms with Crippen LogP contribution in [0.1, 0.15) is 67.0 Å². The van der Waals surface area contributed by atoms with Crippen molar-refractivity contribution in [2.24, 2.45) is 23.3 Å². The first kappa shape index (κ1) is 55.2. The number of nitrogens with one attached hydrogen (secondary N) is 4. The van der Waals surface area contributed by atoms with E-state index in [9.17, 15) is 59.1 Å². The molecule has 25 nitrogen and oxygen atoms in total. The first-order chi connectivity index (χ1) is 31.8. The highest BCUT2D eigenvalue weighted by Gasteiger charge is 2.44. The van der Waals surface area contributed by atoms with Crippen LogP contribution in [-0.2, 0) is 43.2 Å². The van der Waals surface area contributed by atoms with E-state index in [0.29, 0.717) is 29.9 Å². The predicted octanol–water partition coefficient (Wildman–Crippen LogP) is -0.597. The van der Waals surface area contributed by atoms with E-state index in [0.717, 1.165) is 23.5 Å². The smallest absolute Gasteiger partial charge is 0.322 e. The summed E-state index contributed by atoms with van der Waals surface area (Å²) in [6.45, 7) is -1.63. The molecule has 12 N–H and O–H groups in total. The Morgan fingerprint density at radius 3 is 1.72 bits per heavy atom. The molecule has 0 aliphatic heterocycles. The van der Waals surface area contributed by atoms with Crippen molar-refractivity contribution in [1.29, 1.82) is 10.5 Å². The molecule has 0 bridgehead atoms. The Hall–Kier alpha value is -6.11. The molecule has 3 rings (SSSR count). The molecule has 0 saturated heterocycles. The summed E-state index contributed by atoms with van der Waals surface area (Å²) in [5.41, 5.74) is 11.3. The number of hydrogen-bond donors (Lipinski definition) is 10. The number of carboxylic acid groups (broad SMARTS) is 4. The Morgan fingerprint density at radius 1 is 0.731 bits per heavy atom. The van der Waals surface area contributed by atoms with Gasteiger partial charge in [-0.15, -0.1) is 23.5 Å². The van der Waals surface area contributed by atoms with Gasteiger partial charge in [0.15, 0.2) is 0 Å². The highest BCUT2D eigenvalue weighted by atomic mass is 32.2. The van der Waals surface area contributed by atoms with E-state index in [-0.39, 0.29) is 64.5 Å². The lowest BCUT2D eigenvalue weighted by Crippen LogP contribution is -2.50. The van der Waals surface area contributed by atoms with Crippen molar-refractivity contribution in [3.8, 4) is 10.8 Å². The Balaban J connectivity index is 2.07. The van der Waals surface area contributed by atoms with Crippen molar-refractivity contribution in [3.63, 3.8) is 0 Å². The number of carbonyl (C=O) groups excluding carboxylic acids is 5. The Morgan fingerprint density at radius 2 is 1.22 bits per heavy atom. The molecule has 0 radical (unpaired) electrons. The maximum atomic E-state index is 15.1. The first-order valence-electron chi connectivity index (χ1n) is 19.9. The van der Waals surface area contributed by atoms with Gasteiger partial charge >= 0.3 is 23.9 Å². The third-order valence-electron chi connectivity index (χ3n) is 9.67. The molecule has 360 valence electrons. The highest BCUT2D eigenvalue weighted by Crippen LogP contribution is 2.48. The number of nitrogens with two attached hydrogens (primary N) is 2. The molecule has 2 aromatic rings. The maximum absolute atomic E-state index is 15.1. The Bertz CT molecular complexity index is 2080. The lowest BCUT2D eigenvalue weighted by atomic mass is 9.76. The number of carbonyl (C=O) groups is 9. The highest BCUT2D eigenvalue weighted by molar-refractivity contribution is 8.04. The number of carboxylic acids is 4. The molecule has 0 spiro atoms. The second-order valence-electron chi connectivity index (χ2n) is 14.4. The minimum absolute atomic E-state index is 0.0622. The van der Waals surface area contributed by atoms with Crippen LogP contribution in [0.5, 0.6) is 0 Å². The van der Waals surface area contributed by atoms with Gasteiger partial charge in [0, 0.05) is 65.9 Å². The number of aromatic nitrogens is 4. The van der Waals surface area contributed by atoms with Gasteiger partial charge in [0.25, 0.3) is 0 Å². The van der Waals surface area contributed by atoms with Crippen molar-refractivity contribution >= 4 is 100 Å². The van der Waals surface area contributed by atoms with Gasteiger partial charge in [0.2, 0.25) is 23.6 Å². The van der Waals surface area contributed by atoms with Crippen molar-refractivity contribution in [2.75, 3.05) is 24.6 Å². The molecule has 1 fully saturated rings. The standard InChI is InChI=1S/C38H46N12O13S4/c39-15-66-27-8-9-43-34(50-27)33(65-14-24(36(59)45-12-30(55)56)49-26(52)7-5-21(42)38(62)63)19-3-1-2-18(31(19)57)32(22-10-28(67-16-40)47-17-46-22)64-13-23(35(58)44-11-29(53)54)48-25(51)6-4-20(41)37(60)61/h8-10,17-21,23-24,32-33H,1-7,11-14,41-42H2,(H,44,58)(H,45,59)(H,48,51)(H,49,52)(H,53,54)(H,55,56)(H,60,61)(H,62,63). The second-order valence-corrected chi connectivity index (χ2v) is 18.4. The normalized spacial score (nSPS) is 17.1. The maximum Gasteiger partial charge on any atom is 0.322 e. The third kappa shape index (κ3) is 18.6. The number of aliphatic carboxylic acids is 4. The van der Waals surface area contributed by atoms with Crippen LogP contribution in [-0.4, -0.2) is 142 Å². The average molecular weight is 1010 g/mol. The van der Waals surface area contributed by atoms with Crippen molar-refractivity contribution in [3.05, 3.63) is 36.2 Å². The number of Topliss-reactive ketones (excluding diaryl/α,β-unsaturated/α-hetero) is 1. The van der Waals surface area contributed by atoms with Crippen molar-refractivity contribution in [1.82, 2.24) is 41.2 Å². The van der Waals surface area contributed by atoms with E-state index >= 15 is 4.79 Å². The second kappa shape index (κ2) is 28.2. The molecule has 8 unspecified atom stereocenters. The molecule has 2 heterocycles. The van der Waals surface area contributed by atoms with Gasteiger partial charge in [-0.1, -0.05) is 6.42 Å². The van der Waals surface area contributed by atoms with Crippen LogP contribution in [0.4, 0.5) is 0 Å². The van der Waals surface area contributed by atoms with E-state index < -0.39 is 120 Å². The summed E-state index contributed by atoms with van der Waals surface area (Å²) >= 11 is 3.38. The van der Waals surface area contributed by atoms with E-state index in [1.54, 1.807) is 0 Å². The zero-order chi connectivity index (χ0) is 49.6. The summed E-state index contributed by atoms with van der Waals surface area (Å²) in [6.07, 6.45) is 1.98. The van der Waals surface area contributed by atoms with Gasteiger partial charge in [0.1, 0.15) is 76.0 Å². The van der Waals surface area contributed by atoms with Gasteiger partial charge < -0.3 is 53.2 Å². The molecule has 0 aromatic carbocycles. The van der Waals surface area contributed by atoms with Crippen molar-refractivity contribution in [2.45, 2.75) is 89.7 Å². The molecule has 67 heavy (non-hydrogen) atoms. The fourth-order valence-electron chi connectivity index (χ4n) is 6.40. The summed E-state index contributed by atoms with van der Waals surface area (Å²) < 4.78 is 0. The number of nitriles is 2. The Labute approximate surface area is 398 Å². The van der Waals surface area contributed by atoms with E-state index in [1.165, 1.54) is 24.7 Å². The summed E-state index contributed by atoms with van der Waals surface area (Å²) in [4.78, 5) is 130. The minimum atomic E-state index is -1.44. The van der Waals surface area contributed by atoms with Crippen LogP contribution in [0.2, 0.25) is 0 Å². The first-order valence-corrected chi connectivity index (χ1v) is 23.7. The van der Waals surface area contributed by atoms with E-state index in [1.807, 2.05) is 10.8 Å². The molecule has 29 heteroatoms. The van der Waals surface area contributed by atoms with Gasteiger partial charge in [-0.2, -0.15) is 10.5 Å².